The Morgan fingerprint density at radius 3 is 2.83 bits per heavy atom. The van der Waals surface area contributed by atoms with Crippen molar-refractivity contribution in [2.75, 3.05) is 13.2 Å². The minimum atomic E-state index is -0.327. The van der Waals surface area contributed by atoms with Crippen molar-refractivity contribution in [3.8, 4) is 23.2 Å². The largest absolute Gasteiger partial charge is 0.475 e. The normalized spacial score (nSPS) is 11.9. The Balaban J connectivity index is 1.65. The molecule has 4 aromatic rings. The molecule has 0 saturated carbocycles. The summed E-state index contributed by atoms with van der Waals surface area (Å²) in [5.41, 5.74) is 10.9. The Morgan fingerprint density at radius 2 is 2.00 bits per heavy atom. The van der Waals surface area contributed by atoms with E-state index in [0.29, 0.717) is 29.1 Å². The molecule has 4 rings (SSSR count). The summed E-state index contributed by atoms with van der Waals surface area (Å²) in [6.45, 7) is 0.123. The van der Waals surface area contributed by atoms with E-state index in [-0.39, 0.29) is 19.3 Å². The Morgan fingerprint density at radius 1 is 1.13 bits per heavy atom. The molecule has 1 atom stereocenters. The molecule has 0 fully saturated rings. The van der Waals surface area contributed by atoms with Crippen LogP contribution in [0.3, 0.4) is 0 Å². The molecule has 2 aromatic heterocycles. The predicted octanol–water partition coefficient (Wildman–Crippen LogP) is 3.38. The lowest BCUT2D eigenvalue weighted by Crippen LogP contribution is -2.15. The van der Waals surface area contributed by atoms with Gasteiger partial charge in [0.25, 0.3) is 0 Å². The molecule has 0 radical (unpaired) electrons. The van der Waals surface area contributed by atoms with Gasteiger partial charge < -0.3 is 20.1 Å². The third kappa shape index (κ3) is 4.01. The first-order chi connectivity index (χ1) is 14.7. The monoisotopic (exact) mass is 400 g/mol. The van der Waals surface area contributed by atoms with Crippen LogP contribution in [0.1, 0.15) is 22.9 Å². The molecule has 2 heterocycles. The average molecular weight is 400 g/mol. The third-order valence-corrected chi connectivity index (χ3v) is 4.77. The molecule has 2 aromatic carbocycles. The summed E-state index contributed by atoms with van der Waals surface area (Å²) in [4.78, 5) is 4.46. The molecule has 3 N–H and O–H groups in total. The lowest BCUT2D eigenvalue weighted by Gasteiger charge is -2.16. The molecule has 7 heteroatoms. The second kappa shape index (κ2) is 8.74. The second-order valence-corrected chi connectivity index (χ2v) is 6.79. The standard InChI is InChI=1S/C23H20N4O3/c24-14-15-8-9-19-21(12-15)30-27-23(19)18-6-2-1-5-17(18)20(25)13-16-4-3-7-22(26-16)29-11-10-28/h1-9,12,20,28H,10-11,13,25H2. The van der Waals surface area contributed by atoms with Crippen LogP contribution >= 0.6 is 0 Å². The minimum Gasteiger partial charge on any atom is -0.475 e. The van der Waals surface area contributed by atoms with Crippen molar-refractivity contribution in [3.63, 3.8) is 0 Å². The van der Waals surface area contributed by atoms with E-state index in [1.54, 1.807) is 18.2 Å². The zero-order chi connectivity index (χ0) is 20.9. The zero-order valence-electron chi connectivity index (χ0n) is 16.2. The van der Waals surface area contributed by atoms with E-state index in [4.69, 9.17) is 25.4 Å². The lowest BCUT2D eigenvalue weighted by atomic mass is 9.94. The van der Waals surface area contributed by atoms with Gasteiger partial charge in [-0.05, 0) is 23.8 Å². The Kier molecular flexibility index (Phi) is 5.70. The van der Waals surface area contributed by atoms with Gasteiger partial charge in [0.15, 0.2) is 5.58 Å². The maximum Gasteiger partial charge on any atom is 0.213 e. The van der Waals surface area contributed by atoms with Crippen molar-refractivity contribution in [1.29, 1.82) is 5.26 Å². The molecule has 0 saturated heterocycles. The highest BCUT2D eigenvalue weighted by Gasteiger charge is 2.18. The van der Waals surface area contributed by atoms with E-state index in [9.17, 15) is 0 Å². The first kappa shape index (κ1) is 19.6. The lowest BCUT2D eigenvalue weighted by molar-refractivity contribution is 0.196. The third-order valence-electron chi connectivity index (χ3n) is 4.77. The molecule has 0 amide bonds. The van der Waals surface area contributed by atoms with Crippen molar-refractivity contribution in [3.05, 3.63) is 77.5 Å². The number of rotatable bonds is 7. The fraction of sp³-hybridized carbons (Fsp3) is 0.174. The Hall–Kier alpha value is -3.73. The van der Waals surface area contributed by atoms with Crippen molar-refractivity contribution in [1.82, 2.24) is 10.1 Å². The van der Waals surface area contributed by atoms with Crippen LogP contribution in [0.4, 0.5) is 0 Å². The van der Waals surface area contributed by atoms with E-state index >= 15 is 0 Å². The van der Waals surface area contributed by atoms with E-state index in [1.165, 1.54) is 0 Å². The van der Waals surface area contributed by atoms with Gasteiger partial charge in [0.2, 0.25) is 5.88 Å². The fourth-order valence-electron chi connectivity index (χ4n) is 3.37. The van der Waals surface area contributed by atoms with Gasteiger partial charge in [0.1, 0.15) is 12.3 Å². The minimum absolute atomic E-state index is 0.0691. The van der Waals surface area contributed by atoms with Crippen LogP contribution in [-0.2, 0) is 6.42 Å². The zero-order valence-corrected chi connectivity index (χ0v) is 16.2. The molecule has 0 aliphatic heterocycles. The molecule has 7 nitrogen and oxygen atoms in total. The van der Waals surface area contributed by atoms with Crippen molar-refractivity contribution >= 4 is 11.0 Å². The topological polar surface area (TPSA) is 118 Å². The highest BCUT2D eigenvalue weighted by atomic mass is 16.5. The van der Waals surface area contributed by atoms with Gasteiger partial charge >= 0.3 is 0 Å². The van der Waals surface area contributed by atoms with E-state index in [1.807, 2.05) is 42.5 Å². The molecule has 0 bridgehead atoms. The van der Waals surface area contributed by atoms with Gasteiger partial charge in [0, 0.05) is 41.2 Å². The van der Waals surface area contributed by atoms with Crippen LogP contribution in [-0.4, -0.2) is 28.5 Å². The molecular formula is C23H20N4O3. The molecule has 0 aliphatic carbocycles. The second-order valence-electron chi connectivity index (χ2n) is 6.79. The first-order valence-electron chi connectivity index (χ1n) is 9.53. The van der Waals surface area contributed by atoms with Gasteiger partial charge in [0.05, 0.1) is 18.2 Å². The highest BCUT2D eigenvalue weighted by Crippen LogP contribution is 2.33. The molecule has 0 spiro atoms. The SMILES string of the molecule is N#Cc1ccc2c(-c3ccccc3C(N)Cc3cccc(OCCO)n3)noc2c1. The number of aliphatic hydroxyl groups is 1. The van der Waals surface area contributed by atoms with Crippen LogP contribution in [0.15, 0.2) is 65.2 Å². The molecule has 150 valence electrons. The van der Waals surface area contributed by atoms with Crippen LogP contribution in [0, 0.1) is 11.3 Å². The van der Waals surface area contributed by atoms with Crippen molar-refractivity contribution < 1.29 is 14.4 Å². The smallest absolute Gasteiger partial charge is 0.213 e. The number of fused-ring (bicyclic) bond motifs is 1. The number of nitrogens with two attached hydrogens (primary N) is 1. The average Bonchev–Trinajstić information content (AvgIpc) is 3.21. The van der Waals surface area contributed by atoms with Gasteiger partial charge in [-0.15, -0.1) is 0 Å². The summed E-state index contributed by atoms with van der Waals surface area (Å²) < 4.78 is 10.8. The van der Waals surface area contributed by atoms with Gasteiger partial charge in [-0.25, -0.2) is 4.98 Å². The number of nitrogens with zero attached hydrogens (tertiary/aromatic N) is 3. The molecular weight excluding hydrogens is 380 g/mol. The fourth-order valence-corrected chi connectivity index (χ4v) is 3.37. The van der Waals surface area contributed by atoms with Gasteiger partial charge in [-0.1, -0.05) is 35.5 Å². The van der Waals surface area contributed by atoms with Crippen LogP contribution in [0.2, 0.25) is 0 Å². The number of hydrogen-bond acceptors (Lipinski definition) is 7. The first-order valence-corrected chi connectivity index (χ1v) is 9.53. The Labute approximate surface area is 173 Å². The number of benzene rings is 2. The summed E-state index contributed by atoms with van der Waals surface area (Å²) in [6, 6.07) is 20.3. The van der Waals surface area contributed by atoms with Crippen LogP contribution in [0.5, 0.6) is 5.88 Å². The maximum absolute atomic E-state index is 9.09. The number of nitriles is 1. The summed E-state index contributed by atoms with van der Waals surface area (Å²) in [5, 5.41) is 23.1. The number of aromatic nitrogens is 2. The van der Waals surface area contributed by atoms with Crippen molar-refractivity contribution in [2.45, 2.75) is 12.5 Å². The van der Waals surface area contributed by atoms with Crippen molar-refractivity contribution in [2.24, 2.45) is 5.73 Å². The molecule has 1 unspecified atom stereocenters. The van der Waals surface area contributed by atoms with Gasteiger partial charge in [-0.3, -0.25) is 0 Å². The number of ether oxygens (including phenoxy) is 1. The summed E-state index contributed by atoms with van der Waals surface area (Å²) >= 11 is 0. The van der Waals surface area contributed by atoms with Crippen LogP contribution in [0.25, 0.3) is 22.2 Å². The summed E-state index contributed by atoms with van der Waals surface area (Å²) in [7, 11) is 0. The number of hydrogen-bond donors (Lipinski definition) is 2. The van der Waals surface area contributed by atoms with E-state index in [2.05, 4.69) is 16.2 Å². The predicted molar refractivity (Wildman–Crippen MR) is 112 cm³/mol. The van der Waals surface area contributed by atoms with Crippen LogP contribution < -0.4 is 10.5 Å². The molecule has 0 aliphatic rings. The van der Waals surface area contributed by atoms with E-state index < -0.39 is 0 Å². The summed E-state index contributed by atoms with van der Waals surface area (Å²) in [6.07, 6.45) is 0.502. The Bertz CT molecular complexity index is 1210. The van der Waals surface area contributed by atoms with Gasteiger partial charge in [-0.2, -0.15) is 5.26 Å². The quantitative estimate of drug-likeness (QED) is 0.488. The summed E-state index contributed by atoms with van der Waals surface area (Å²) in [5.74, 6) is 0.456. The van der Waals surface area contributed by atoms with E-state index in [0.717, 1.165) is 22.2 Å². The number of pyridine rings is 1. The molecule has 30 heavy (non-hydrogen) atoms. The highest BCUT2D eigenvalue weighted by molar-refractivity contribution is 5.93. The number of aliphatic hydroxyl groups excluding tert-OH is 1. The maximum atomic E-state index is 9.09.